The summed E-state index contributed by atoms with van der Waals surface area (Å²) in [6.45, 7) is -0.400. The van der Waals surface area contributed by atoms with Gasteiger partial charge in [-0.15, -0.1) is 0 Å². The molecule has 3 nitrogen and oxygen atoms in total. The molecule has 1 aromatic rings. The lowest BCUT2D eigenvalue weighted by Gasteiger charge is -2.36. The van der Waals surface area contributed by atoms with E-state index >= 15 is 0 Å². The third-order valence-electron chi connectivity index (χ3n) is 4.18. The van der Waals surface area contributed by atoms with Gasteiger partial charge in [-0.05, 0) is 24.3 Å². The number of carbonyl (C=O) groups excluding carboxylic acids is 1. The molecule has 2 fully saturated rings. The first kappa shape index (κ1) is 13.5. The van der Waals surface area contributed by atoms with Crippen molar-refractivity contribution in [3.8, 4) is 0 Å². The molecule has 0 aromatic heterocycles. The fourth-order valence-corrected chi connectivity index (χ4v) is 2.94. The van der Waals surface area contributed by atoms with Crippen LogP contribution in [0.1, 0.15) is 30.7 Å². The van der Waals surface area contributed by atoms with E-state index in [1.165, 1.54) is 5.56 Å². The largest absolute Gasteiger partial charge is 0.352 e. The van der Waals surface area contributed by atoms with E-state index in [1.807, 2.05) is 18.2 Å². The van der Waals surface area contributed by atoms with Crippen LogP contribution in [0.4, 0.5) is 8.78 Å². The van der Waals surface area contributed by atoms with Gasteiger partial charge in [-0.2, -0.15) is 0 Å². The summed E-state index contributed by atoms with van der Waals surface area (Å²) in [5, 5.41) is 5.44. The Balaban J connectivity index is 1.46. The molecule has 0 spiro atoms. The van der Waals surface area contributed by atoms with Gasteiger partial charge in [0.15, 0.2) is 0 Å². The second kappa shape index (κ2) is 5.13. The summed E-state index contributed by atoms with van der Waals surface area (Å²) in [6.07, 6.45) is 1.38. The van der Waals surface area contributed by atoms with Crippen LogP contribution in [-0.4, -0.2) is 30.5 Å². The van der Waals surface area contributed by atoms with Crippen molar-refractivity contribution in [1.29, 1.82) is 0 Å². The van der Waals surface area contributed by atoms with Gasteiger partial charge in [-0.3, -0.25) is 10.1 Å². The van der Waals surface area contributed by atoms with Gasteiger partial charge >= 0.3 is 0 Å². The van der Waals surface area contributed by atoms with E-state index in [0.717, 1.165) is 12.8 Å². The van der Waals surface area contributed by atoms with E-state index in [2.05, 4.69) is 22.8 Å². The summed E-state index contributed by atoms with van der Waals surface area (Å²) in [7, 11) is 0. The molecule has 1 amide bonds. The Bertz CT molecular complexity index is 486. The van der Waals surface area contributed by atoms with E-state index in [9.17, 15) is 13.6 Å². The van der Waals surface area contributed by atoms with Crippen molar-refractivity contribution in [3.63, 3.8) is 0 Å². The highest BCUT2D eigenvalue weighted by Crippen LogP contribution is 2.37. The van der Waals surface area contributed by atoms with Crippen molar-refractivity contribution in [3.05, 3.63) is 35.9 Å². The summed E-state index contributed by atoms with van der Waals surface area (Å²) >= 11 is 0. The molecule has 1 atom stereocenters. The molecule has 1 heterocycles. The van der Waals surface area contributed by atoms with Gasteiger partial charge < -0.3 is 5.32 Å². The van der Waals surface area contributed by atoms with Crippen LogP contribution in [0.3, 0.4) is 0 Å². The molecule has 1 aliphatic heterocycles. The summed E-state index contributed by atoms with van der Waals surface area (Å²) in [5.74, 6) is -2.58. The number of hydrogen-bond donors (Lipinski definition) is 2. The Labute approximate surface area is 116 Å². The second-order valence-electron chi connectivity index (χ2n) is 5.78. The first-order valence-electron chi connectivity index (χ1n) is 7.00. The van der Waals surface area contributed by atoms with Crippen molar-refractivity contribution in [2.24, 2.45) is 0 Å². The molecule has 2 aliphatic rings. The zero-order valence-corrected chi connectivity index (χ0v) is 11.1. The van der Waals surface area contributed by atoms with Crippen LogP contribution < -0.4 is 10.6 Å². The topological polar surface area (TPSA) is 41.1 Å². The van der Waals surface area contributed by atoms with Crippen molar-refractivity contribution in [2.75, 3.05) is 6.54 Å². The molecule has 1 unspecified atom stereocenters. The molecule has 1 saturated heterocycles. The number of amides is 1. The van der Waals surface area contributed by atoms with E-state index < -0.39 is 24.9 Å². The molecule has 20 heavy (non-hydrogen) atoms. The zero-order valence-electron chi connectivity index (χ0n) is 11.1. The highest BCUT2D eigenvalue weighted by Gasteiger charge is 2.43. The van der Waals surface area contributed by atoms with Crippen LogP contribution in [0.25, 0.3) is 0 Å². The molecular formula is C15H18F2N2O. The number of alkyl halides is 2. The highest BCUT2D eigenvalue weighted by atomic mass is 19.3. The minimum absolute atomic E-state index is 0.115. The monoisotopic (exact) mass is 280 g/mol. The second-order valence-corrected chi connectivity index (χ2v) is 5.78. The van der Waals surface area contributed by atoms with E-state index in [4.69, 9.17) is 0 Å². The van der Waals surface area contributed by atoms with Crippen LogP contribution in [0.2, 0.25) is 0 Å². The first-order chi connectivity index (χ1) is 9.53. The Morgan fingerprint density at radius 1 is 1.25 bits per heavy atom. The molecule has 0 radical (unpaired) electrons. The van der Waals surface area contributed by atoms with E-state index in [0.29, 0.717) is 5.92 Å². The average Bonchev–Trinajstić information content (AvgIpc) is 2.74. The minimum Gasteiger partial charge on any atom is -0.352 e. The summed E-state index contributed by atoms with van der Waals surface area (Å²) < 4.78 is 26.1. The molecule has 0 bridgehead atoms. The number of nitrogens with one attached hydrogen (secondary N) is 2. The predicted molar refractivity (Wildman–Crippen MR) is 71.7 cm³/mol. The lowest BCUT2D eigenvalue weighted by Crippen LogP contribution is -2.49. The highest BCUT2D eigenvalue weighted by molar-refractivity contribution is 5.82. The zero-order chi connectivity index (χ0) is 14.2. The summed E-state index contributed by atoms with van der Waals surface area (Å²) in [4.78, 5) is 11.9. The van der Waals surface area contributed by atoms with Crippen LogP contribution in [0, 0.1) is 0 Å². The van der Waals surface area contributed by atoms with E-state index in [1.54, 1.807) is 0 Å². The molecule has 3 rings (SSSR count). The molecule has 5 heteroatoms. The van der Waals surface area contributed by atoms with Crippen LogP contribution in [-0.2, 0) is 4.79 Å². The maximum absolute atomic E-state index is 13.0. The number of benzene rings is 1. The Hall–Kier alpha value is -1.49. The summed E-state index contributed by atoms with van der Waals surface area (Å²) in [5.41, 5.74) is 1.28. The van der Waals surface area contributed by atoms with E-state index in [-0.39, 0.29) is 11.9 Å². The molecule has 1 aliphatic carbocycles. The van der Waals surface area contributed by atoms with Gasteiger partial charge in [0, 0.05) is 12.5 Å². The van der Waals surface area contributed by atoms with Gasteiger partial charge in [0.25, 0.3) is 5.92 Å². The van der Waals surface area contributed by atoms with Gasteiger partial charge in [0.1, 0.15) is 0 Å². The van der Waals surface area contributed by atoms with Crippen LogP contribution in [0.5, 0.6) is 0 Å². The van der Waals surface area contributed by atoms with Gasteiger partial charge in [0.2, 0.25) is 5.91 Å². The van der Waals surface area contributed by atoms with Crippen molar-refractivity contribution in [2.45, 2.75) is 43.2 Å². The standard InChI is InChI=1S/C15H18F2N2O/c16-15(17)8-13(18-9-15)14(20)19-12-6-11(7-12)10-4-2-1-3-5-10/h1-5,11-13,18H,6-9H2,(H,19,20). The maximum Gasteiger partial charge on any atom is 0.262 e. The average molecular weight is 280 g/mol. The van der Waals surface area contributed by atoms with Crippen molar-refractivity contribution in [1.82, 2.24) is 10.6 Å². The first-order valence-corrected chi connectivity index (χ1v) is 7.00. The smallest absolute Gasteiger partial charge is 0.262 e. The third kappa shape index (κ3) is 2.82. The fourth-order valence-electron chi connectivity index (χ4n) is 2.94. The Morgan fingerprint density at radius 3 is 2.55 bits per heavy atom. The normalized spacial score (nSPS) is 31.6. The van der Waals surface area contributed by atoms with Gasteiger partial charge in [-0.1, -0.05) is 30.3 Å². The van der Waals surface area contributed by atoms with Gasteiger partial charge in [-0.25, -0.2) is 8.78 Å². The minimum atomic E-state index is -2.76. The Kier molecular flexibility index (Phi) is 3.46. The lowest BCUT2D eigenvalue weighted by atomic mass is 9.76. The van der Waals surface area contributed by atoms with Crippen molar-refractivity contribution >= 4 is 5.91 Å². The molecule has 108 valence electrons. The SMILES string of the molecule is O=C(NC1CC(c2ccccc2)C1)C1CC(F)(F)CN1. The Morgan fingerprint density at radius 2 is 1.95 bits per heavy atom. The van der Waals surface area contributed by atoms with Gasteiger partial charge in [0.05, 0.1) is 12.6 Å². The van der Waals surface area contributed by atoms with Crippen LogP contribution in [0.15, 0.2) is 30.3 Å². The third-order valence-corrected chi connectivity index (χ3v) is 4.18. The fraction of sp³-hybridized carbons (Fsp3) is 0.533. The maximum atomic E-state index is 13.0. The van der Waals surface area contributed by atoms with Crippen LogP contribution >= 0.6 is 0 Å². The predicted octanol–water partition coefficient (Wildman–Crippen LogP) is 2.05. The number of rotatable bonds is 3. The molecule has 2 N–H and O–H groups in total. The summed E-state index contributed by atoms with van der Waals surface area (Å²) in [6, 6.07) is 9.53. The molecule has 1 saturated carbocycles. The molecular weight excluding hydrogens is 262 g/mol. The number of halogens is 2. The number of carbonyl (C=O) groups is 1. The number of hydrogen-bond acceptors (Lipinski definition) is 2. The quantitative estimate of drug-likeness (QED) is 0.889. The van der Waals surface area contributed by atoms with Crippen molar-refractivity contribution < 1.29 is 13.6 Å². The lowest BCUT2D eigenvalue weighted by molar-refractivity contribution is -0.124. The molecule has 1 aromatic carbocycles.